The van der Waals surface area contributed by atoms with Crippen LogP contribution in [0.2, 0.25) is 0 Å². The van der Waals surface area contributed by atoms with Crippen molar-refractivity contribution in [1.29, 1.82) is 0 Å². The minimum atomic E-state index is -0.0384. The van der Waals surface area contributed by atoms with Crippen molar-refractivity contribution in [2.24, 2.45) is 5.73 Å². The van der Waals surface area contributed by atoms with E-state index in [-0.39, 0.29) is 6.04 Å². The lowest BCUT2D eigenvalue weighted by atomic mass is 10.3. The summed E-state index contributed by atoms with van der Waals surface area (Å²) in [6.45, 7) is 4.37. The molecule has 0 unspecified atom stereocenters. The lowest BCUT2D eigenvalue weighted by Gasteiger charge is -2.08. The van der Waals surface area contributed by atoms with E-state index >= 15 is 0 Å². The van der Waals surface area contributed by atoms with E-state index in [1.807, 2.05) is 18.4 Å². The number of nitrogens with two attached hydrogens (primary N) is 1. The summed E-state index contributed by atoms with van der Waals surface area (Å²) in [5.74, 6) is 1.49. The van der Waals surface area contributed by atoms with Crippen LogP contribution in [0.3, 0.4) is 0 Å². The standard InChI is InChI=1S/C10H14N4O/c1-7-3-13-10(15-7)5-14-6-12-4-9(14)8(2)11/h3-4,6,8H,5,11H2,1-2H3/t8-/m1/s1. The minimum absolute atomic E-state index is 0.0384. The van der Waals surface area contributed by atoms with Crippen molar-refractivity contribution < 1.29 is 4.42 Å². The van der Waals surface area contributed by atoms with E-state index in [1.54, 1.807) is 18.7 Å². The number of imidazole rings is 1. The molecule has 5 nitrogen and oxygen atoms in total. The van der Waals surface area contributed by atoms with Crippen molar-refractivity contribution in [3.8, 4) is 0 Å². The first-order valence-corrected chi connectivity index (χ1v) is 4.83. The summed E-state index contributed by atoms with van der Waals surface area (Å²) in [6.07, 6.45) is 5.20. The van der Waals surface area contributed by atoms with E-state index in [2.05, 4.69) is 9.97 Å². The van der Waals surface area contributed by atoms with E-state index < -0.39 is 0 Å². The lowest BCUT2D eigenvalue weighted by molar-refractivity contribution is 0.452. The Morgan fingerprint density at radius 2 is 2.33 bits per heavy atom. The Balaban J connectivity index is 2.20. The summed E-state index contributed by atoms with van der Waals surface area (Å²) in [7, 11) is 0. The Morgan fingerprint density at radius 3 is 2.93 bits per heavy atom. The van der Waals surface area contributed by atoms with Crippen molar-refractivity contribution in [2.45, 2.75) is 26.4 Å². The SMILES string of the molecule is Cc1cnc(Cn2cncc2[C@@H](C)N)o1. The Bertz CT molecular complexity index is 444. The molecule has 2 heterocycles. The normalized spacial score (nSPS) is 13.0. The highest BCUT2D eigenvalue weighted by atomic mass is 16.4. The first kappa shape index (κ1) is 9.92. The van der Waals surface area contributed by atoms with Crippen LogP contribution in [0.25, 0.3) is 0 Å². The van der Waals surface area contributed by atoms with E-state index in [4.69, 9.17) is 10.2 Å². The first-order valence-electron chi connectivity index (χ1n) is 4.83. The summed E-state index contributed by atoms with van der Waals surface area (Å²) in [6, 6.07) is -0.0384. The number of nitrogens with zero attached hydrogens (tertiary/aromatic N) is 3. The quantitative estimate of drug-likeness (QED) is 0.820. The van der Waals surface area contributed by atoms with Crippen LogP contribution in [0.4, 0.5) is 0 Å². The second-order valence-corrected chi connectivity index (χ2v) is 3.60. The monoisotopic (exact) mass is 206 g/mol. The van der Waals surface area contributed by atoms with Gasteiger partial charge in [-0.3, -0.25) is 0 Å². The molecule has 0 spiro atoms. The predicted octanol–water partition coefficient (Wildman–Crippen LogP) is 1.25. The average molecular weight is 206 g/mol. The van der Waals surface area contributed by atoms with E-state index in [9.17, 15) is 0 Å². The fourth-order valence-corrected chi connectivity index (χ4v) is 1.46. The fourth-order valence-electron chi connectivity index (χ4n) is 1.46. The van der Waals surface area contributed by atoms with Gasteiger partial charge in [-0.1, -0.05) is 0 Å². The van der Waals surface area contributed by atoms with Crippen LogP contribution in [-0.2, 0) is 6.54 Å². The van der Waals surface area contributed by atoms with Gasteiger partial charge in [0.05, 0.1) is 18.2 Å². The Hall–Kier alpha value is -1.62. The third kappa shape index (κ3) is 2.07. The maximum Gasteiger partial charge on any atom is 0.214 e. The zero-order valence-corrected chi connectivity index (χ0v) is 8.84. The Labute approximate surface area is 87.9 Å². The topological polar surface area (TPSA) is 69.9 Å². The highest BCUT2D eigenvalue weighted by molar-refractivity contribution is 5.05. The largest absolute Gasteiger partial charge is 0.444 e. The van der Waals surface area contributed by atoms with Crippen molar-refractivity contribution in [3.63, 3.8) is 0 Å². The van der Waals surface area contributed by atoms with Gasteiger partial charge in [0.15, 0.2) is 0 Å². The van der Waals surface area contributed by atoms with Crippen molar-refractivity contribution >= 4 is 0 Å². The van der Waals surface area contributed by atoms with Crippen LogP contribution in [0.15, 0.2) is 23.1 Å². The van der Waals surface area contributed by atoms with Gasteiger partial charge in [0.25, 0.3) is 0 Å². The molecule has 0 aromatic carbocycles. The number of hydrogen-bond donors (Lipinski definition) is 1. The Morgan fingerprint density at radius 1 is 1.53 bits per heavy atom. The summed E-state index contributed by atoms with van der Waals surface area (Å²) in [5, 5.41) is 0. The van der Waals surface area contributed by atoms with Crippen LogP contribution < -0.4 is 5.73 Å². The molecular formula is C10H14N4O. The number of rotatable bonds is 3. The highest BCUT2D eigenvalue weighted by Crippen LogP contribution is 2.11. The third-order valence-electron chi connectivity index (χ3n) is 2.19. The van der Waals surface area contributed by atoms with Gasteiger partial charge in [-0.15, -0.1) is 0 Å². The molecular weight excluding hydrogens is 192 g/mol. The number of hydrogen-bond acceptors (Lipinski definition) is 4. The zero-order valence-electron chi connectivity index (χ0n) is 8.84. The molecule has 5 heteroatoms. The number of aryl methyl sites for hydroxylation is 1. The molecule has 0 aliphatic rings. The van der Waals surface area contributed by atoms with E-state index in [0.717, 1.165) is 11.5 Å². The molecule has 0 aliphatic carbocycles. The Kier molecular flexibility index (Phi) is 2.55. The molecule has 0 saturated heterocycles. The minimum Gasteiger partial charge on any atom is -0.444 e. The molecule has 0 fully saturated rings. The van der Waals surface area contributed by atoms with E-state index in [1.165, 1.54) is 0 Å². The maximum absolute atomic E-state index is 5.81. The average Bonchev–Trinajstić information content (AvgIpc) is 2.75. The number of aromatic nitrogens is 3. The highest BCUT2D eigenvalue weighted by Gasteiger charge is 2.09. The zero-order chi connectivity index (χ0) is 10.8. The lowest BCUT2D eigenvalue weighted by Crippen LogP contribution is -2.12. The molecule has 2 aromatic rings. The van der Waals surface area contributed by atoms with Crippen molar-refractivity contribution in [1.82, 2.24) is 14.5 Å². The van der Waals surface area contributed by atoms with Gasteiger partial charge in [-0.25, -0.2) is 9.97 Å². The molecule has 2 N–H and O–H groups in total. The molecule has 2 aromatic heterocycles. The smallest absolute Gasteiger partial charge is 0.214 e. The summed E-state index contributed by atoms with van der Waals surface area (Å²) in [5.41, 5.74) is 6.78. The van der Waals surface area contributed by atoms with Crippen LogP contribution in [0, 0.1) is 6.92 Å². The van der Waals surface area contributed by atoms with Crippen LogP contribution in [0.5, 0.6) is 0 Å². The molecule has 1 atom stereocenters. The van der Waals surface area contributed by atoms with E-state index in [0.29, 0.717) is 12.4 Å². The van der Waals surface area contributed by atoms with Gasteiger partial charge in [0.2, 0.25) is 5.89 Å². The molecule has 0 saturated carbocycles. The molecule has 0 aliphatic heterocycles. The van der Waals surface area contributed by atoms with Gasteiger partial charge < -0.3 is 14.7 Å². The van der Waals surface area contributed by atoms with Gasteiger partial charge in [0, 0.05) is 12.2 Å². The van der Waals surface area contributed by atoms with Crippen LogP contribution >= 0.6 is 0 Å². The van der Waals surface area contributed by atoms with Gasteiger partial charge in [0.1, 0.15) is 12.3 Å². The molecule has 80 valence electrons. The molecule has 15 heavy (non-hydrogen) atoms. The van der Waals surface area contributed by atoms with Gasteiger partial charge >= 0.3 is 0 Å². The summed E-state index contributed by atoms with van der Waals surface area (Å²) < 4.78 is 7.33. The molecule has 0 amide bonds. The molecule has 2 rings (SSSR count). The predicted molar refractivity (Wildman–Crippen MR) is 55.2 cm³/mol. The number of oxazole rings is 1. The second-order valence-electron chi connectivity index (χ2n) is 3.60. The van der Waals surface area contributed by atoms with Crippen molar-refractivity contribution in [2.75, 3.05) is 0 Å². The van der Waals surface area contributed by atoms with Gasteiger partial charge in [-0.2, -0.15) is 0 Å². The summed E-state index contributed by atoms with van der Waals surface area (Å²) in [4.78, 5) is 8.19. The maximum atomic E-state index is 5.81. The summed E-state index contributed by atoms with van der Waals surface area (Å²) >= 11 is 0. The van der Waals surface area contributed by atoms with Crippen LogP contribution in [0.1, 0.15) is 30.3 Å². The molecule has 0 bridgehead atoms. The fraction of sp³-hybridized carbons (Fsp3) is 0.400. The van der Waals surface area contributed by atoms with Crippen LogP contribution in [-0.4, -0.2) is 14.5 Å². The first-order chi connectivity index (χ1) is 7.16. The van der Waals surface area contributed by atoms with Crippen molar-refractivity contribution in [3.05, 3.63) is 36.1 Å². The van der Waals surface area contributed by atoms with Gasteiger partial charge in [-0.05, 0) is 13.8 Å². The third-order valence-corrected chi connectivity index (χ3v) is 2.19. The molecule has 0 radical (unpaired) electrons. The second kappa shape index (κ2) is 3.86.